The summed E-state index contributed by atoms with van der Waals surface area (Å²) in [5.74, 6) is 1.37. The number of aromatic nitrogens is 2. The van der Waals surface area contributed by atoms with Gasteiger partial charge in [-0.05, 0) is 12.5 Å². The number of benzene rings is 1. The van der Waals surface area contributed by atoms with Crippen LogP contribution in [0.2, 0.25) is 5.02 Å². The van der Waals surface area contributed by atoms with Gasteiger partial charge in [0.1, 0.15) is 5.75 Å². The molecule has 2 heterocycles. The number of likely N-dealkylation sites (tertiary alicyclic amines) is 1. The number of halogens is 1. The highest BCUT2D eigenvalue weighted by atomic mass is 35.5. The number of ether oxygens (including phenoxy) is 2. The third-order valence-corrected chi connectivity index (χ3v) is 5.37. The van der Waals surface area contributed by atoms with E-state index in [2.05, 4.69) is 20.4 Å². The molecule has 1 saturated heterocycles. The zero-order chi connectivity index (χ0) is 21.0. The van der Waals surface area contributed by atoms with Crippen molar-refractivity contribution in [3.05, 3.63) is 34.4 Å². The summed E-state index contributed by atoms with van der Waals surface area (Å²) in [5, 5.41) is 7.28. The number of carbonyl (C=O) groups is 1. The van der Waals surface area contributed by atoms with E-state index in [1.807, 2.05) is 0 Å². The highest BCUT2D eigenvalue weighted by molar-refractivity contribution is 6.33. The maximum atomic E-state index is 12.8. The molecule has 1 amide bonds. The van der Waals surface area contributed by atoms with Crippen LogP contribution in [0.25, 0.3) is 0 Å². The molecule has 10 heteroatoms. The minimum atomic E-state index is -0.272. The van der Waals surface area contributed by atoms with Crippen LogP contribution in [0.3, 0.4) is 0 Å². The van der Waals surface area contributed by atoms with Crippen molar-refractivity contribution in [1.29, 1.82) is 0 Å². The summed E-state index contributed by atoms with van der Waals surface area (Å²) in [4.78, 5) is 19.3. The molecule has 0 radical (unpaired) electrons. The Morgan fingerprint density at radius 1 is 1.45 bits per heavy atom. The van der Waals surface area contributed by atoms with Crippen LogP contribution in [0, 0.1) is 6.92 Å². The molecule has 1 aliphatic rings. The number of aryl methyl sites for hydroxylation is 1. The van der Waals surface area contributed by atoms with Gasteiger partial charge in [0.15, 0.2) is 5.82 Å². The van der Waals surface area contributed by atoms with Gasteiger partial charge in [-0.3, -0.25) is 4.79 Å². The fourth-order valence-electron chi connectivity index (χ4n) is 3.45. The summed E-state index contributed by atoms with van der Waals surface area (Å²) in [6.45, 7) is 4.08. The van der Waals surface area contributed by atoms with Crippen molar-refractivity contribution < 1.29 is 18.8 Å². The van der Waals surface area contributed by atoms with Crippen LogP contribution in [0.5, 0.6) is 5.75 Å². The van der Waals surface area contributed by atoms with Crippen LogP contribution in [-0.2, 0) is 11.2 Å². The molecule has 3 N–H and O–H groups in total. The standard InChI is InChI=1S/C19H26ClN5O4/c1-11-22-18(24-29-11)5-7-25-6-4-15(17(10-25)28-3)23-19(26)12-8-13(20)14(21)9-16(12)27-2/h8-9,15,17H,4-7,10,21H2,1-3H3,(H,23,26)/t15-,17+/m0/s1. The van der Waals surface area contributed by atoms with Gasteiger partial charge in [-0.15, -0.1) is 0 Å². The number of hydrogen-bond acceptors (Lipinski definition) is 8. The van der Waals surface area contributed by atoms with E-state index < -0.39 is 0 Å². The molecular weight excluding hydrogens is 398 g/mol. The number of rotatable bonds is 7. The minimum absolute atomic E-state index is 0.128. The lowest BCUT2D eigenvalue weighted by molar-refractivity contribution is 0.00659. The number of nitrogen functional groups attached to an aromatic ring is 1. The molecule has 3 rings (SSSR count). The quantitative estimate of drug-likeness (QED) is 0.646. The van der Waals surface area contributed by atoms with E-state index in [4.69, 9.17) is 31.3 Å². The second-order valence-electron chi connectivity index (χ2n) is 7.00. The molecule has 1 aromatic carbocycles. The van der Waals surface area contributed by atoms with Crippen LogP contribution in [0.15, 0.2) is 16.7 Å². The smallest absolute Gasteiger partial charge is 0.255 e. The molecule has 0 bridgehead atoms. The van der Waals surface area contributed by atoms with Crippen molar-refractivity contribution in [3.8, 4) is 5.75 Å². The van der Waals surface area contributed by atoms with Crippen LogP contribution in [0.1, 0.15) is 28.5 Å². The normalized spacial score (nSPS) is 19.9. The fraction of sp³-hybridized carbons (Fsp3) is 0.526. The summed E-state index contributed by atoms with van der Waals surface area (Å²) >= 11 is 6.08. The molecule has 1 aliphatic heterocycles. The predicted octanol–water partition coefficient (Wildman–Crippen LogP) is 1.68. The second-order valence-corrected chi connectivity index (χ2v) is 7.40. The van der Waals surface area contributed by atoms with Gasteiger partial charge in [0.2, 0.25) is 5.89 Å². The minimum Gasteiger partial charge on any atom is -0.496 e. The number of methoxy groups -OCH3 is 2. The van der Waals surface area contributed by atoms with Gasteiger partial charge in [-0.2, -0.15) is 4.98 Å². The summed E-state index contributed by atoms with van der Waals surface area (Å²) in [7, 11) is 3.14. The number of hydrogen-bond donors (Lipinski definition) is 2. The number of amides is 1. The maximum Gasteiger partial charge on any atom is 0.255 e. The third-order valence-electron chi connectivity index (χ3n) is 5.05. The van der Waals surface area contributed by atoms with Crippen LogP contribution < -0.4 is 15.8 Å². The lowest BCUT2D eigenvalue weighted by atomic mass is 10.0. The van der Waals surface area contributed by atoms with Crippen LogP contribution >= 0.6 is 11.6 Å². The zero-order valence-corrected chi connectivity index (χ0v) is 17.5. The first-order valence-electron chi connectivity index (χ1n) is 9.39. The summed E-state index contributed by atoms with van der Waals surface area (Å²) in [6.07, 6.45) is 1.31. The molecule has 1 aromatic heterocycles. The Hall–Kier alpha value is -2.36. The lowest BCUT2D eigenvalue weighted by Crippen LogP contribution is -2.55. The Balaban J connectivity index is 1.60. The van der Waals surface area contributed by atoms with E-state index in [0.29, 0.717) is 46.7 Å². The van der Waals surface area contributed by atoms with Gasteiger partial charge >= 0.3 is 0 Å². The fourth-order valence-corrected chi connectivity index (χ4v) is 3.61. The molecule has 0 unspecified atom stereocenters. The van der Waals surface area contributed by atoms with Gasteiger partial charge < -0.3 is 29.9 Å². The monoisotopic (exact) mass is 423 g/mol. The topological polar surface area (TPSA) is 116 Å². The summed E-state index contributed by atoms with van der Waals surface area (Å²) in [5.41, 5.74) is 6.50. The van der Waals surface area contributed by atoms with Gasteiger partial charge in [-0.1, -0.05) is 16.8 Å². The van der Waals surface area contributed by atoms with E-state index in [0.717, 1.165) is 19.5 Å². The van der Waals surface area contributed by atoms with Crippen molar-refractivity contribution in [2.45, 2.75) is 31.9 Å². The van der Waals surface area contributed by atoms with E-state index in [1.54, 1.807) is 20.1 Å². The average molecular weight is 424 g/mol. The van der Waals surface area contributed by atoms with E-state index in [-0.39, 0.29) is 18.1 Å². The number of anilines is 1. The van der Waals surface area contributed by atoms with E-state index in [9.17, 15) is 4.79 Å². The third kappa shape index (κ3) is 5.17. The van der Waals surface area contributed by atoms with Gasteiger partial charge in [-0.25, -0.2) is 0 Å². The molecule has 0 aliphatic carbocycles. The first-order chi connectivity index (χ1) is 13.9. The van der Waals surface area contributed by atoms with Crippen molar-refractivity contribution in [2.75, 3.05) is 39.6 Å². The molecule has 0 spiro atoms. The molecule has 2 aromatic rings. The molecule has 9 nitrogen and oxygen atoms in total. The Labute approximate surface area is 174 Å². The summed E-state index contributed by atoms with van der Waals surface area (Å²) < 4.78 is 15.9. The molecule has 1 fully saturated rings. The number of nitrogens with zero attached hydrogens (tertiary/aromatic N) is 3. The second kappa shape index (κ2) is 9.43. The molecule has 0 saturated carbocycles. The maximum absolute atomic E-state index is 12.8. The first kappa shape index (κ1) is 21.4. The van der Waals surface area contributed by atoms with Crippen molar-refractivity contribution in [1.82, 2.24) is 20.4 Å². The van der Waals surface area contributed by atoms with Crippen LogP contribution in [-0.4, -0.2) is 66.9 Å². The lowest BCUT2D eigenvalue weighted by Gasteiger charge is -2.38. The van der Waals surface area contributed by atoms with Gasteiger partial charge in [0, 0.05) is 46.2 Å². The van der Waals surface area contributed by atoms with Crippen molar-refractivity contribution >= 4 is 23.2 Å². The van der Waals surface area contributed by atoms with Crippen molar-refractivity contribution in [3.63, 3.8) is 0 Å². The predicted molar refractivity (Wildman–Crippen MR) is 108 cm³/mol. The van der Waals surface area contributed by atoms with Gasteiger partial charge in [0.25, 0.3) is 5.91 Å². The van der Waals surface area contributed by atoms with Crippen molar-refractivity contribution in [2.24, 2.45) is 0 Å². The first-order valence-corrected chi connectivity index (χ1v) is 9.77. The highest BCUT2D eigenvalue weighted by Crippen LogP contribution is 2.29. The van der Waals surface area contributed by atoms with E-state index in [1.165, 1.54) is 13.2 Å². The number of piperidine rings is 1. The highest BCUT2D eigenvalue weighted by Gasteiger charge is 2.31. The summed E-state index contributed by atoms with van der Waals surface area (Å²) in [6, 6.07) is 2.94. The zero-order valence-electron chi connectivity index (χ0n) is 16.8. The van der Waals surface area contributed by atoms with Gasteiger partial charge in [0.05, 0.1) is 35.5 Å². The molecule has 29 heavy (non-hydrogen) atoms. The Morgan fingerprint density at radius 3 is 2.90 bits per heavy atom. The largest absolute Gasteiger partial charge is 0.496 e. The Kier molecular flexibility index (Phi) is 6.94. The number of nitrogens with one attached hydrogen (secondary N) is 1. The van der Waals surface area contributed by atoms with Crippen LogP contribution in [0.4, 0.5) is 5.69 Å². The molecule has 2 atom stereocenters. The average Bonchev–Trinajstić information content (AvgIpc) is 3.13. The molecular formula is C19H26ClN5O4. The Morgan fingerprint density at radius 2 is 2.24 bits per heavy atom. The Bertz CT molecular complexity index is 859. The molecule has 158 valence electrons. The SMILES string of the molecule is COc1cc(N)c(Cl)cc1C(=O)N[C@H]1CCN(CCc2noc(C)n2)C[C@H]1OC. The van der Waals surface area contributed by atoms with E-state index >= 15 is 0 Å². The number of nitrogens with two attached hydrogens (primary N) is 1. The number of carbonyl (C=O) groups excluding carboxylic acids is 1.